The lowest BCUT2D eigenvalue weighted by molar-refractivity contribution is -0.148. The number of rotatable bonds is 6. The van der Waals surface area contributed by atoms with E-state index in [-0.39, 0.29) is 60.7 Å². The van der Waals surface area contributed by atoms with E-state index in [4.69, 9.17) is 29.7 Å². The highest BCUT2D eigenvalue weighted by atomic mass is 31.2. The molecule has 0 spiro atoms. The Kier molecular flexibility index (Phi) is 9.81. The summed E-state index contributed by atoms with van der Waals surface area (Å²) in [5.74, 6) is -4.94. The molecular weight excluding hydrogens is 587 g/mol. The molecule has 1 aliphatic heterocycles. The minimum Gasteiger partial charge on any atom is -0.494 e. The van der Waals surface area contributed by atoms with Gasteiger partial charge in [0.15, 0.2) is 11.6 Å². The lowest BCUT2D eigenvalue weighted by atomic mass is 10.0. The van der Waals surface area contributed by atoms with Crippen molar-refractivity contribution in [3.63, 3.8) is 0 Å². The van der Waals surface area contributed by atoms with Crippen LogP contribution in [-0.2, 0) is 35.0 Å². The zero-order chi connectivity index (χ0) is 30.7. The molecule has 3 heterocycles. The van der Waals surface area contributed by atoms with Gasteiger partial charge in [-0.1, -0.05) is 0 Å². The lowest BCUT2D eigenvalue weighted by Gasteiger charge is -2.30. The summed E-state index contributed by atoms with van der Waals surface area (Å²) in [6.45, 7) is -0.386. The molecule has 0 saturated heterocycles. The van der Waals surface area contributed by atoms with Gasteiger partial charge in [0.05, 0.1) is 31.2 Å². The van der Waals surface area contributed by atoms with Gasteiger partial charge in [-0.05, 0) is 24.1 Å². The first-order valence-electron chi connectivity index (χ1n) is 11.6. The van der Waals surface area contributed by atoms with Crippen LogP contribution >= 0.6 is 7.82 Å². The van der Waals surface area contributed by atoms with Crippen molar-refractivity contribution >= 4 is 13.7 Å². The van der Waals surface area contributed by atoms with Gasteiger partial charge < -0.3 is 34.6 Å². The molecule has 1 amide bonds. The van der Waals surface area contributed by atoms with Gasteiger partial charge in [0.1, 0.15) is 11.6 Å². The molecule has 4 rings (SSSR count). The molecule has 0 fully saturated rings. The van der Waals surface area contributed by atoms with E-state index in [1.165, 1.54) is 30.5 Å². The molecule has 0 saturated carbocycles. The second kappa shape index (κ2) is 12.6. The number of carbonyl (C=O) groups excluding carboxylic acids is 1. The largest absolute Gasteiger partial charge is 0.494 e. The van der Waals surface area contributed by atoms with E-state index >= 15 is 0 Å². The van der Waals surface area contributed by atoms with E-state index in [1.54, 1.807) is 0 Å². The van der Waals surface area contributed by atoms with E-state index in [9.17, 15) is 31.1 Å². The number of aromatic nitrogens is 3. The Morgan fingerprint density at radius 2 is 1.78 bits per heavy atom. The molecule has 18 heteroatoms. The number of hydrogen-bond donors (Lipinski definition) is 4. The van der Waals surface area contributed by atoms with Crippen LogP contribution in [0.3, 0.4) is 0 Å². The summed E-state index contributed by atoms with van der Waals surface area (Å²) in [5.41, 5.74) is 6.23. The lowest BCUT2D eigenvalue weighted by Crippen LogP contribution is -2.42. The number of carbonyl (C=O) groups is 1. The van der Waals surface area contributed by atoms with Crippen LogP contribution in [-0.4, -0.2) is 59.7 Å². The third kappa shape index (κ3) is 8.27. The summed E-state index contributed by atoms with van der Waals surface area (Å²) in [4.78, 5) is 43.6. The van der Waals surface area contributed by atoms with Gasteiger partial charge in [0.2, 0.25) is 11.7 Å². The molecular formula is C23H24F6N5O6P. The molecule has 0 radical (unpaired) electrons. The van der Waals surface area contributed by atoms with Crippen molar-refractivity contribution in [1.29, 1.82) is 0 Å². The maximum absolute atomic E-state index is 13.9. The number of amides is 1. The standard InChI is InChI=1S/C23H21F6N5O2.H3O4P/c1-36-19-10-31-3-2-14(19)21-18-11-33(4-5-34(18)22(32-21)23(27,28)29)20(35)8-13(30)6-12-7-16(25)17(26)9-15(12)24;1-5(2,3)4/h2-3,7,9-10,13H,4-6,8,11,30H2,1H3;(H3,1,2,3,4)/t13-;/m1./s1. The molecule has 0 bridgehead atoms. The van der Waals surface area contributed by atoms with Crippen molar-refractivity contribution in [2.45, 2.75) is 38.1 Å². The first-order valence-corrected chi connectivity index (χ1v) is 13.2. The molecule has 1 aromatic carbocycles. The van der Waals surface area contributed by atoms with Crippen molar-refractivity contribution in [2.75, 3.05) is 13.7 Å². The van der Waals surface area contributed by atoms with Gasteiger partial charge in [-0.15, -0.1) is 0 Å². The van der Waals surface area contributed by atoms with Crippen LogP contribution in [0, 0.1) is 17.5 Å². The predicted octanol–water partition coefficient (Wildman–Crippen LogP) is 2.76. The molecule has 0 unspecified atom stereocenters. The maximum atomic E-state index is 13.9. The van der Waals surface area contributed by atoms with Crippen molar-refractivity contribution < 1.29 is 55.1 Å². The number of fused-ring (bicyclic) bond motifs is 1. The number of pyridine rings is 1. The molecule has 11 nitrogen and oxygen atoms in total. The molecule has 1 aliphatic rings. The number of ether oxygens (including phenoxy) is 1. The number of nitrogens with two attached hydrogens (primary N) is 1. The number of nitrogens with zero attached hydrogens (tertiary/aromatic N) is 4. The highest BCUT2D eigenvalue weighted by Crippen LogP contribution is 2.38. The molecule has 5 N–H and O–H groups in total. The second-order valence-electron chi connectivity index (χ2n) is 8.81. The van der Waals surface area contributed by atoms with E-state index in [2.05, 4.69) is 9.97 Å². The zero-order valence-corrected chi connectivity index (χ0v) is 22.0. The molecule has 1 atom stereocenters. The van der Waals surface area contributed by atoms with Crippen LogP contribution in [0.4, 0.5) is 26.3 Å². The fourth-order valence-corrected chi connectivity index (χ4v) is 4.18. The van der Waals surface area contributed by atoms with Gasteiger partial charge in [-0.3, -0.25) is 9.78 Å². The number of benzene rings is 1. The normalized spacial score (nSPS) is 14.2. The number of methoxy groups -OCH3 is 1. The maximum Gasteiger partial charge on any atom is 0.466 e. The number of imidazole rings is 1. The van der Waals surface area contributed by atoms with Gasteiger partial charge in [0, 0.05) is 43.4 Å². The van der Waals surface area contributed by atoms with Crippen LogP contribution in [0.2, 0.25) is 0 Å². The highest BCUT2D eigenvalue weighted by molar-refractivity contribution is 7.45. The Morgan fingerprint density at radius 3 is 2.39 bits per heavy atom. The van der Waals surface area contributed by atoms with E-state index < -0.39 is 49.2 Å². The van der Waals surface area contributed by atoms with Crippen molar-refractivity contribution in [1.82, 2.24) is 19.4 Å². The zero-order valence-electron chi connectivity index (χ0n) is 21.1. The second-order valence-corrected chi connectivity index (χ2v) is 9.84. The highest BCUT2D eigenvalue weighted by Gasteiger charge is 2.41. The summed E-state index contributed by atoms with van der Waals surface area (Å²) in [5, 5.41) is 0. The van der Waals surface area contributed by atoms with Gasteiger partial charge in [-0.2, -0.15) is 13.2 Å². The Bertz CT molecular complexity index is 1460. The molecule has 0 aliphatic carbocycles. The van der Waals surface area contributed by atoms with Crippen LogP contribution < -0.4 is 10.5 Å². The predicted molar refractivity (Wildman–Crippen MR) is 129 cm³/mol. The van der Waals surface area contributed by atoms with Crippen LogP contribution in [0.5, 0.6) is 5.75 Å². The van der Waals surface area contributed by atoms with Crippen LogP contribution in [0.15, 0.2) is 30.6 Å². The van der Waals surface area contributed by atoms with E-state index in [1.807, 2.05) is 0 Å². The van der Waals surface area contributed by atoms with Crippen molar-refractivity contribution in [3.8, 4) is 17.0 Å². The third-order valence-corrected chi connectivity index (χ3v) is 5.88. The molecule has 224 valence electrons. The van der Waals surface area contributed by atoms with Gasteiger partial charge in [0.25, 0.3) is 0 Å². The summed E-state index contributed by atoms with van der Waals surface area (Å²) in [6.07, 6.45) is -2.52. The van der Waals surface area contributed by atoms with E-state index in [0.29, 0.717) is 12.1 Å². The smallest absolute Gasteiger partial charge is 0.466 e. The molecule has 2 aromatic heterocycles. The average molecular weight is 611 g/mol. The molecule has 3 aromatic rings. The minimum absolute atomic E-state index is 0.00670. The Hall–Kier alpha value is -3.50. The quantitative estimate of drug-likeness (QED) is 0.186. The fraction of sp³-hybridized carbons (Fsp3) is 0.348. The van der Waals surface area contributed by atoms with Crippen molar-refractivity contribution in [2.24, 2.45) is 5.73 Å². The fourth-order valence-electron chi connectivity index (χ4n) is 4.18. The first kappa shape index (κ1) is 32.0. The summed E-state index contributed by atoms with van der Waals surface area (Å²) >= 11 is 0. The Labute approximate surface area is 228 Å². The average Bonchev–Trinajstić information content (AvgIpc) is 3.25. The number of halogens is 6. The SMILES string of the molecule is COc1cnccc1-c1nc(C(F)(F)F)n2c1CN(C(=O)C[C@H](N)Cc1cc(F)c(F)cc1F)CC2.O=P(O)(O)O. The number of alkyl halides is 3. The first-order chi connectivity index (χ1) is 19.0. The monoisotopic (exact) mass is 611 g/mol. The third-order valence-electron chi connectivity index (χ3n) is 5.88. The van der Waals surface area contributed by atoms with Gasteiger partial charge in [-0.25, -0.2) is 22.7 Å². The Balaban J connectivity index is 0.000000850. The number of hydrogen-bond acceptors (Lipinski definition) is 6. The van der Waals surface area contributed by atoms with Crippen molar-refractivity contribution in [3.05, 3.63) is 65.1 Å². The van der Waals surface area contributed by atoms with Crippen LogP contribution in [0.25, 0.3) is 11.3 Å². The van der Waals surface area contributed by atoms with Crippen LogP contribution in [0.1, 0.15) is 23.5 Å². The van der Waals surface area contributed by atoms with E-state index in [0.717, 1.165) is 4.57 Å². The summed E-state index contributed by atoms with van der Waals surface area (Å²) in [6, 6.07) is 1.61. The minimum atomic E-state index is -4.73. The van der Waals surface area contributed by atoms with Gasteiger partial charge >= 0.3 is 14.0 Å². The number of phosphoric acid groups is 1. The topological polar surface area (TPSA) is 164 Å². The summed E-state index contributed by atoms with van der Waals surface area (Å²) < 4.78 is 96.8. The summed E-state index contributed by atoms with van der Waals surface area (Å²) in [7, 11) is -3.29. The molecule has 41 heavy (non-hydrogen) atoms. The Morgan fingerprint density at radius 1 is 1.15 bits per heavy atom.